The molecule has 3 N–H and O–H groups in total. The number of furan rings is 1. The predicted octanol–water partition coefficient (Wildman–Crippen LogP) is 0.134. The quantitative estimate of drug-likeness (QED) is 0.543. The van der Waals surface area contributed by atoms with Crippen LogP contribution in [-0.4, -0.2) is 25.6 Å². The summed E-state index contributed by atoms with van der Waals surface area (Å²) in [5, 5.41) is 0. The van der Waals surface area contributed by atoms with E-state index in [1.54, 1.807) is 13.0 Å². The molecule has 0 aliphatic rings. The van der Waals surface area contributed by atoms with Crippen LogP contribution < -0.4 is 11.2 Å². The predicted molar refractivity (Wildman–Crippen MR) is 56.7 cm³/mol. The molecule has 0 saturated carbocycles. The molecule has 0 saturated heterocycles. The molecule has 0 aromatic carbocycles. The number of hydrogen-bond acceptors (Lipinski definition) is 6. The molecule has 0 aliphatic heterocycles. The smallest absolute Gasteiger partial charge is 0.373 e. The standard InChI is InChI=1S/C10H14N2O5/c1-6(12-16-5-9(11)13)7-3-4-8(17-7)10(14)15-2/h3-4,6,12H,5H2,1-2H3,(H2,11,13). The molecule has 1 heterocycles. The van der Waals surface area contributed by atoms with Crippen molar-refractivity contribution in [3.63, 3.8) is 0 Å². The Labute approximate surface area is 97.8 Å². The van der Waals surface area contributed by atoms with Crippen molar-refractivity contribution in [2.45, 2.75) is 13.0 Å². The number of esters is 1. The maximum atomic E-state index is 11.1. The van der Waals surface area contributed by atoms with E-state index in [-0.39, 0.29) is 18.4 Å². The Morgan fingerprint density at radius 1 is 1.53 bits per heavy atom. The first kappa shape index (κ1) is 13.2. The van der Waals surface area contributed by atoms with Crippen molar-refractivity contribution in [1.29, 1.82) is 0 Å². The fourth-order valence-electron chi connectivity index (χ4n) is 1.09. The van der Waals surface area contributed by atoms with E-state index < -0.39 is 11.9 Å². The molecule has 1 aromatic heterocycles. The van der Waals surface area contributed by atoms with Crippen LogP contribution in [-0.2, 0) is 14.4 Å². The number of ether oxygens (including phenoxy) is 1. The highest BCUT2D eigenvalue weighted by Gasteiger charge is 2.15. The van der Waals surface area contributed by atoms with Crippen LogP contribution in [0.4, 0.5) is 0 Å². The zero-order valence-corrected chi connectivity index (χ0v) is 9.56. The molecule has 1 unspecified atom stereocenters. The third-order valence-electron chi connectivity index (χ3n) is 1.91. The van der Waals surface area contributed by atoms with E-state index in [1.807, 2.05) is 0 Å². The molecule has 94 valence electrons. The first-order chi connectivity index (χ1) is 8.04. The molecule has 17 heavy (non-hydrogen) atoms. The fourth-order valence-corrected chi connectivity index (χ4v) is 1.09. The van der Waals surface area contributed by atoms with E-state index in [0.29, 0.717) is 5.76 Å². The molecule has 0 bridgehead atoms. The summed E-state index contributed by atoms with van der Waals surface area (Å²) in [7, 11) is 1.27. The Kier molecular flexibility index (Phi) is 4.68. The van der Waals surface area contributed by atoms with Gasteiger partial charge in [0.1, 0.15) is 12.4 Å². The number of carbonyl (C=O) groups is 2. The van der Waals surface area contributed by atoms with Crippen molar-refractivity contribution < 1.29 is 23.6 Å². The minimum Gasteiger partial charge on any atom is -0.463 e. The molecular formula is C10H14N2O5. The maximum absolute atomic E-state index is 11.1. The summed E-state index contributed by atoms with van der Waals surface area (Å²) in [6, 6.07) is 2.78. The summed E-state index contributed by atoms with van der Waals surface area (Å²) >= 11 is 0. The second kappa shape index (κ2) is 6.02. The van der Waals surface area contributed by atoms with Gasteiger partial charge in [0.15, 0.2) is 0 Å². The van der Waals surface area contributed by atoms with Gasteiger partial charge in [-0.05, 0) is 19.1 Å². The average Bonchev–Trinajstić information content (AvgIpc) is 2.76. The monoisotopic (exact) mass is 242 g/mol. The first-order valence-electron chi connectivity index (χ1n) is 4.88. The van der Waals surface area contributed by atoms with E-state index in [1.165, 1.54) is 13.2 Å². The molecule has 1 rings (SSSR count). The van der Waals surface area contributed by atoms with Gasteiger partial charge in [-0.25, -0.2) is 4.79 Å². The lowest BCUT2D eigenvalue weighted by molar-refractivity contribution is -0.126. The lowest BCUT2D eigenvalue weighted by atomic mass is 10.3. The molecule has 0 spiro atoms. The number of methoxy groups -OCH3 is 1. The number of nitrogens with one attached hydrogen (secondary N) is 1. The molecule has 7 nitrogen and oxygen atoms in total. The highest BCUT2D eigenvalue weighted by molar-refractivity contribution is 5.86. The van der Waals surface area contributed by atoms with Gasteiger partial charge in [-0.3, -0.25) is 9.63 Å². The highest BCUT2D eigenvalue weighted by Crippen LogP contribution is 2.16. The van der Waals surface area contributed by atoms with Crippen LogP contribution in [0.15, 0.2) is 16.5 Å². The summed E-state index contributed by atoms with van der Waals surface area (Å²) < 4.78 is 9.72. The number of hydroxylamine groups is 1. The number of rotatable bonds is 6. The van der Waals surface area contributed by atoms with Gasteiger partial charge in [0.25, 0.3) is 0 Å². The maximum Gasteiger partial charge on any atom is 0.373 e. The Morgan fingerprint density at radius 3 is 2.82 bits per heavy atom. The van der Waals surface area contributed by atoms with Crippen molar-refractivity contribution in [1.82, 2.24) is 5.48 Å². The average molecular weight is 242 g/mol. The topological polar surface area (TPSA) is 104 Å². The van der Waals surface area contributed by atoms with Crippen LogP contribution in [0.5, 0.6) is 0 Å². The molecule has 0 fully saturated rings. The SMILES string of the molecule is COC(=O)c1ccc(C(C)NOCC(N)=O)o1. The zero-order chi connectivity index (χ0) is 12.8. The van der Waals surface area contributed by atoms with Gasteiger partial charge in [-0.1, -0.05) is 0 Å². The second-order valence-corrected chi connectivity index (χ2v) is 3.29. The first-order valence-corrected chi connectivity index (χ1v) is 4.88. The summed E-state index contributed by atoms with van der Waals surface area (Å²) in [6.45, 7) is 1.50. The highest BCUT2D eigenvalue weighted by atomic mass is 16.6. The van der Waals surface area contributed by atoms with Crippen LogP contribution in [0, 0.1) is 0 Å². The third kappa shape index (κ3) is 3.89. The zero-order valence-electron chi connectivity index (χ0n) is 9.56. The third-order valence-corrected chi connectivity index (χ3v) is 1.91. The Hall–Kier alpha value is -1.86. The van der Waals surface area contributed by atoms with Crippen LogP contribution in [0.3, 0.4) is 0 Å². The van der Waals surface area contributed by atoms with Gasteiger partial charge in [-0.2, -0.15) is 5.48 Å². The van der Waals surface area contributed by atoms with E-state index in [2.05, 4.69) is 10.2 Å². The van der Waals surface area contributed by atoms with E-state index in [4.69, 9.17) is 15.0 Å². The van der Waals surface area contributed by atoms with Gasteiger partial charge >= 0.3 is 5.97 Å². The van der Waals surface area contributed by atoms with E-state index in [0.717, 1.165) is 0 Å². The number of amides is 1. The number of primary amides is 1. The Morgan fingerprint density at radius 2 is 2.24 bits per heavy atom. The van der Waals surface area contributed by atoms with Gasteiger partial charge in [0.2, 0.25) is 11.7 Å². The summed E-state index contributed by atoms with van der Waals surface area (Å²) in [6.07, 6.45) is 0. The van der Waals surface area contributed by atoms with Gasteiger partial charge in [-0.15, -0.1) is 0 Å². The van der Waals surface area contributed by atoms with E-state index in [9.17, 15) is 9.59 Å². The van der Waals surface area contributed by atoms with Crippen molar-refractivity contribution in [2.75, 3.05) is 13.7 Å². The Bertz CT molecular complexity index is 401. The lowest BCUT2D eigenvalue weighted by Crippen LogP contribution is -2.26. The van der Waals surface area contributed by atoms with Crippen molar-refractivity contribution in [3.05, 3.63) is 23.7 Å². The van der Waals surface area contributed by atoms with Crippen molar-refractivity contribution in [2.24, 2.45) is 5.73 Å². The van der Waals surface area contributed by atoms with Gasteiger partial charge in [0, 0.05) is 0 Å². The minimum atomic E-state index is -0.584. The van der Waals surface area contributed by atoms with Crippen LogP contribution in [0.25, 0.3) is 0 Å². The van der Waals surface area contributed by atoms with E-state index >= 15 is 0 Å². The molecule has 1 aromatic rings. The summed E-state index contributed by atoms with van der Waals surface area (Å²) in [5.41, 5.74) is 7.44. The molecule has 1 atom stereocenters. The fraction of sp³-hybridized carbons (Fsp3) is 0.400. The number of nitrogens with two attached hydrogens (primary N) is 1. The Balaban J connectivity index is 2.51. The largest absolute Gasteiger partial charge is 0.463 e. The van der Waals surface area contributed by atoms with Crippen LogP contribution in [0.2, 0.25) is 0 Å². The van der Waals surface area contributed by atoms with Crippen LogP contribution >= 0.6 is 0 Å². The molecule has 0 radical (unpaired) electrons. The number of carbonyl (C=O) groups excluding carboxylic acids is 2. The lowest BCUT2D eigenvalue weighted by Gasteiger charge is -2.09. The van der Waals surface area contributed by atoms with Crippen molar-refractivity contribution >= 4 is 11.9 Å². The van der Waals surface area contributed by atoms with Crippen LogP contribution in [0.1, 0.15) is 29.3 Å². The number of hydrogen-bond donors (Lipinski definition) is 2. The van der Waals surface area contributed by atoms with Gasteiger partial charge in [0.05, 0.1) is 13.2 Å². The summed E-state index contributed by atoms with van der Waals surface area (Å²) in [5.74, 6) is -0.554. The molecule has 1 amide bonds. The minimum absolute atomic E-state index is 0.103. The molecule has 7 heteroatoms. The molecular weight excluding hydrogens is 228 g/mol. The normalized spacial score (nSPS) is 12.1. The van der Waals surface area contributed by atoms with Crippen molar-refractivity contribution in [3.8, 4) is 0 Å². The summed E-state index contributed by atoms with van der Waals surface area (Å²) in [4.78, 5) is 26.4. The van der Waals surface area contributed by atoms with Gasteiger partial charge < -0.3 is 14.9 Å². The second-order valence-electron chi connectivity index (χ2n) is 3.29. The molecule has 0 aliphatic carbocycles.